The number of nitro groups is 1. The van der Waals surface area contributed by atoms with E-state index in [1.54, 1.807) is 18.9 Å². The summed E-state index contributed by atoms with van der Waals surface area (Å²) in [5.74, 6) is -0.632. The Morgan fingerprint density at radius 3 is 2.71 bits per heavy atom. The topological polar surface area (TPSA) is 66.6 Å². The molecule has 1 atom stereocenters. The van der Waals surface area contributed by atoms with Crippen LogP contribution in [-0.2, 0) is 0 Å². The molecule has 0 radical (unpaired) electrons. The van der Waals surface area contributed by atoms with Gasteiger partial charge in [0.1, 0.15) is 0 Å². The van der Waals surface area contributed by atoms with E-state index in [0.29, 0.717) is 13.0 Å². The third-order valence-electron chi connectivity index (χ3n) is 2.44. The number of nitrogens with zero attached hydrogens (tertiary/aromatic N) is 2. The normalized spacial score (nSPS) is 12.2. The van der Waals surface area contributed by atoms with Gasteiger partial charge >= 0.3 is 0 Å². The molecule has 5 nitrogen and oxygen atoms in total. The van der Waals surface area contributed by atoms with E-state index in [1.165, 1.54) is 12.1 Å². The van der Waals surface area contributed by atoms with Gasteiger partial charge in [0.15, 0.2) is 5.82 Å². The molecule has 0 aliphatic heterocycles. The monoisotopic (exact) mass is 242 g/mol. The van der Waals surface area contributed by atoms with Crippen LogP contribution < -0.4 is 4.90 Å². The molecule has 0 saturated carbocycles. The Balaban J connectivity index is 2.81. The summed E-state index contributed by atoms with van der Waals surface area (Å²) in [5, 5.41) is 19.6. The highest BCUT2D eigenvalue weighted by Crippen LogP contribution is 2.23. The van der Waals surface area contributed by atoms with E-state index in [1.807, 2.05) is 0 Å². The van der Waals surface area contributed by atoms with Crippen molar-refractivity contribution in [1.29, 1.82) is 0 Å². The lowest BCUT2D eigenvalue weighted by Gasteiger charge is -2.20. The number of benzene rings is 1. The van der Waals surface area contributed by atoms with E-state index in [-0.39, 0.29) is 11.4 Å². The van der Waals surface area contributed by atoms with Gasteiger partial charge in [-0.25, -0.2) is 4.39 Å². The first-order chi connectivity index (χ1) is 7.91. The average Bonchev–Trinajstić information content (AvgIpc) is 2.25. The molecule has 0 fully saturated rings. The minimum Gasteiger partial charge on any atom is -0.393 e. The molecule has 1 rings (SSSR count). The van der Waals surface area contributed by atoms with Gasteiger partial charge in [-0.05, 0) is 19.4 Å². The number of aliphatic hydroxyl groups is 1. The summed E-state index contributed by atoms with van der Waals surface area (Å²) in [4.78, 5) is 11.4. The first-order valence-electron chi connectivity index (χ1n) is 5.25. The van der Waals surface area contributed by atoms with Crippen molar-refractivity contribution in [1.82, 2.24) is 0 Å². The van der Waals surface area contributed by atoms with Crippen LogP contribution in [0, 0.1) is 15.9 Å². The van der Waals surface area contributed by atoms with Crippen LogP contribution >= 0.6 is 0 Å². The minimum atomic E-state index is -0.636. The van der Waals surface area contributed by atoms with Crippen molar-refractivity contribution in [2.45, 2.75) is 19.4 Å². The van der Waals surface area contributed by atoms with E-state index in [9.17, 15) is 14.5 Å². The van der Waals surface area contributed by atoms with Crippen molar-refractivity contribution in [3.8, 4) is 0 Å². The SMILES string of the molecule is CC(O)CCN(C)c1ccc([N+](=O)[O-])cc1F. The lowest BCUT2D eigenvalue weighted by molar-refractivity contribution is -0.385. The number of non-ortho nitro benzene ring substituents is 1. The fraction of sp³-hybridized carbons (Fsp3) is 0.455. The quantitative estimate of drug-likeness (QED) is 0.633. The van der Waals surface area contributed by atoms with Crippen molar-refractivity contribution in [3.63, 3.8) is 0 Å². The molecule has 0 aromatic heterocycles. The number of hydrogen-bond acceptors (Lipinski definition) is 4. The summed E-state index contributed by atoms with van der Waals surface area (Å²) in [6, 6.07) is 3.53. The highest BCUT2D eigenvalue weighted by molar-refractivity contribution is 5.51. The van der Waals surface area contributed by atoms with Gasteiger partial charge in [0.25, 0.3) is 5.69 Å². The van der Waals surface area contributed by atoms with Gasteiger partial charge in [-0.15, -0.1) is 0 Å². The van der Waals surface area contributed by atoms with Crippen LogP contribution in [0.3, 0.4) is 0 Å². The van der Waals surface area contributed by atoms with Crippen molar-refractivity contribution in [2.24, 2.45) is 0 Å². The Kier molecular flexibility index (Phi) is 4.39. The zero-order chi connectivity index (χ0) is 13.0. The molecule has 0 amide bonds. The first-order valence-corrected chi connectivity index (χ1v) is 5.25. The van der Waals surface area contributed by atoms with Crippen LogP contribution in [0.2, 0.25) is 0 Å². The molecular formula is C11H15FN2O3. The molecule has 6 heteroatoms. The molecule has 1 N–H and O–H groups in total. The Bertz CT molecular complexity index is 410. The van der Waals surface area contributed by atoms with E-state index in [2.05, 4.69) is 0 Å². The Hall–Kier alpha value is -1.69. The zero-order valence-electron chi connectivity index (χ0n) is 9.76. The predicted octanol–water partition coefficient (Wildman–Crippen LogP) is 1.94. The van der Waals surface area contributed by atoms with Crippen LogP contribution in [0.15, 0.2) is 18.2 Å². The maximum Gasteiger partial charge on any atom is 0.272 e. The molecule has 0 aliphatic carbocycles. The molecule has 1 aromatic carbocycles. The highest BCUT2D eigenvalue weighted by Gasteiger charge is 2.13. The smallest absolute Gasteiger partial charge is 0.272 e. The molecule has 1 aromatic rings. The molecule has 1 unspecified atom stereocenters. The van der Waals surface area contributed by atoms with Gasteiger partial charge in [-0.2, -0.15) is 0 Å². The average molecular weight is 242 g/mol. The van der Waals surface area contributed by atoms with Crippen LogP contribution in [0.5, 0.6) is 0 Å². The molecular weight excluding hydrogens is 227 g/mol. The van der Waals surface area contributed by atoms with Crippen molar-refractivity contribution >= 4 is 11.4 Å². The molecule has 0 heterocycles. The van der Waals surface area contributed by atoms with Gasteiger partial charge in [-0.1, -0.05) is 0 Å². The van der Waals surface area contributed by atoms with Gasteiger partial charge in [0.05, 0.1) is 22.8 Å². The largest absolute Gasteiger partial charge is 0.393 e. The second-order valence-electron chi connectivity index (χ2n) is 3.95. The summed E-state index contributed by atoms with van der Waals surface area (Å²) in [5.41, 5.74) is 0.0198. The summed E-state index contributed by atoms with van der Waals surface area (Å²) in [7, 11) is 1.67. The molecule has 0 aliphatic rings. The number of anilines is 1. The Morgan fingerprint density at radius 2 is 2.24 bits per heavy atom. The second-order valence-corrected chi connectivity index (χ2v) is 3.95. The van der Waals surface area contributed by atoms with Gasteiger partial charge in [-0.3, -0.25) is 10.1 Å². The summed E-state index contributed by atoms with van der Waals surface area (Å²) in [6.45, 7) is 2.13. The Morgan fingerprint density at radius 1 is 1.59 bits per heavy atom. The third kappa shape index (κ3) is 3.67. The van der Waals surface area contributed by atoms with E-state index in [0.717, 1.165) is 6.07 Å². The zero-order valence-corrected chi connectivity index (χ0v) is 9.76. The highest BCUT2D eigenvalue weighted by atomic mass is 19.1. The van der Waals surface area contributed by atoms with Crippen LogP contribution in [0.1, 0.15) is 13.3 Å². The van der Waals surface area contributed by atoms with Crippen molar-refractivity contribution < 1.29 is 14.4 Å². The number of aliphatic hydroxyl groups excluding tert-OH is 1. The number of halogens is 1. The lowest BCUT2D eigenvalue weighted by atomic mass is 10.2. The van der Waals surface area contributed by atoms with E-state index >= 15 is 0 Å². The number of nitro benzene ring substituents is 1. The first kappa shape index (κ1) is 13.4. The molecule has 17 heavy (non-hydrogen) atoms. The van der Waals surface area contributed by atoms with Gasteiger partial charge in [0.2, 0.25) is 0 Å². The maximum absolute atomic E-state index is 13.6. The minimum absolute atomic E-state index is 0.268. The van der Waals surface area contributed by atoms with E-state index in [4.69, 9.17) is 5.11 Å². The van der Waals surface area contributed by atoms with Crippen LogP contribution in [0.4, 0.5) is 15.8 Å². The number of hydrogen-bond donors (Lipinski definition) is 1. The van der Waals surface area contributed by atoms with Gasteiger partial charge < -0.3 is 10.0 Å². The lowest BCUT2D eigenvalue weighted by Crippen LogP contribution is -2.22. The number of rotatable bonds is 5. The third-order valence-corrected chi connectivity index (χ3v) is 2.44. The summed E-state index contributed by atoms with van der Waals surface area (Å²) >= 11 is 0. The predicted molar refractivity (Wildman–Crippen MR) is 62.6 cm³/mol. The van der Waals surface area contributed by atoms with Crippen LogP contribution in [0.25, 0.3) is 0 Å². The standard InChI is InChI=1S/C11H15FN2O3/c1-8(15)5-6-13(2)11-4-3-9(14(16)17)7-10(11)12/h3-4,7-8,15H,5-6H2,1-2H3. The van der Waals surface area contributed by atoms with Crippen LogP contribution in [-0.4, -0.2) is 29.7 Å². The molecule has 94 valence electrons. The fourth-order valence-corrected chi connectivity index (χ4v) is 1.42. The van der Waals surface area contributed by atoms with E-state index < -0.39 is 16.8 Å². The second kappa shape index (κ2) is 5.58. The Labute approximate surface area is 98.6 Å². The summed E-state index contributed by atoms with van der Waals surface area (Å²) < 4.78 is 13.6. The fourth-order valence-electron chi connectivity index (χ4n) is 1.42. The molecule has 0 saturated heterocycles. The molecule has 0 bridgehead atoms. The maximum atomic E-state index is 13.6. The van der Waals surface area contributed by atoms with Crippen molar-refractivity contribution in [3.05, 3.63) is 34.1 Å². The molecule has 0 spiro atoms. The summed E-state index contributed by atoms with van der Waals surface area (Å²) in [6.07, 6.45) is 0.0472. The van der Waals surface area contributed by atoms with Crippen molar-refractivity contribution in [2.75, 3.05) is 18.5 Å². The van der Waals surface area contributed by atoms with Gasteiger partial charge in [0, 0.05) is 19.7 Å².